The Morgan fingerprint density at radius 2 is 2.04 bits per heavy atom. The Balaban J connectivity index is 1.80. The minimum Gasteiger partial charge on any atom is -0.497 e. The van der Waals surface area contributed by atoms with E-state index in [2.05, 4.69) is 5.32 Å². The van der Waals surface area contributed by atoms with E-state index in [0.717, 1.165) is 29.4 Å². The van der Waals surface area contributed by atoms with Gasteiger partial charge in [0.15, 0.2) is 0 Å². The van der Waals surface area contributed by atoms with Crippen molar-refractivity contribution in [2.45, 2.75) is 18.9 Å². The number of fused-ring (bicyclic) bond motifs is 1. The molecule has 1 fully saturated rings. The van der Waals surface area contributed by atoms with Gasteiger partial charge in [0.05, 0.1) is 7.11 Å². The second-order valence-electron chi connectivity index (χ2n) is 6.69. The minimum absolute atomic E-state index is 0.00567. The maximum Gasteiger partial charge on any atom is 0.287 e. The molecule has 1 aliphatic carbocycles. The van der Waals surface area contributed by atoms with Gasteiger partial charge in [-0.15, -0.1) is 0 Å². The Kier molecular flexibility index (Phi) is 4.39. The predicted molar refractivity (Wildman–Crippen MR) is 101 cm³/mol. The van der Waals surface area contributed by atoms with Crippen LogP contribution in [-0.2, 0) is 0 Å². The molecule has 0 saturated heterocycles. The zero-order chi connectivity index (χ0) is 18.1. The minimum atomic E-state index is -0.221. The van der Waals surface area contributed by atoms with E-state index in [1.54, 1.807) is 13.2 Å². The summed E-state index contributed by atoms with van der Waals surface area (Å²) < 4.78 is 11.3. The zero-order valence-electron chi connectivity index (χ0n) is 14.7. The molecule has 1 aromatic heterocycles. The topological polar surface area (TPSA) is 77.5 Å². The van der Waals surface area contributed by atoms with Crippen molar-refractivity contribution in [1.29, 1.82) is 0 Å². The molecule has 5 heteroatoms. The van der Waals surface area contributed by atoms with Crippen LogP contribution in [0.25, 0.3) is 22.1 Å². The Morgan fingerprint density at radius 1 is 1.27 bits per heavy atom. The van der Waals surface area contributed by atoms with Gasteiger partial charge in [-0.25, -0.2) is 0 Å². The van der Waals surface area contributed by atoms with Crippen LogP contribution >= 0.6 is 0 Å². The van der Waals surface area contributed by atoms with E-state index < -0.39 is 0 Å². The van der Waals surface area contributed by atoms with Crippen molar-refractivity contribution < 1.29 is 13.9 Å². The number of methoxy groups -OCH3 is 1. The highest BCUT2D eigenvalue weighted by atomic mass is 16.5. The number of carbonyl (C=O) groups excluding carboxylic acids is 1. The number of carbonyl (C=O) groups is 1. The second-order valence-corrected chi connectivity index (χ2v) is 6.69. The van der Waals surface area contributed by atoms with Crippen LogP contribution in [-0.4, -0.2) is 25.6 Å². The summed E-state index contributed by atoms with van der Waals surface area (Å²) in [6, 6.07) is 15.4. The van der Waals surface area contributed by atoms with Gasteiger partial charge in [0.25, 0.3) is 5.91 Å². The van der Waals surface area contributed by atoms with Crippen molar-refractivity contribution in [3.63, 3.8) is 0 Å². The van der Waals surface area contributed by atoms with Crippen molar-refractivity contribution in [3.05, 3.63) is 54.3 Å². The van der Waals surface area contributed by atoms with E-state index in [1.165, 1.54) is 0 Å². The lowest BCUT2D eigenvalue weighted by molar-refractivity contribution is 0.0908. The number of furan rings is 1. The molecule has 4 rings (SSSR count). The number of ether oxygens (including phenoxy) is 1. The standard InChI is InChI=1S/C21H22N2O3/c1-25-15-9-10-16-18(11-15)26-20(19(16)14-5-3-2-4-6-14)21(24)23-17(12-22)13-7-8-13/h2-6,9-11,13,17H,7-8,12,22H2,1H3,(H,23,24). The first-order valence-electron chi connectivity index (χ1n) is 8.88. The number of nitrogens with two attached hydrogens (primary N) is 1. The van der Waals surface area contributed by atoms with E-state index in [4.69, 9.17) is 14.9 Å². The summed E-state index contributed by atoms with van der Waals surface area (Å²) in [5, 5.41) is 3.94. The van der Waals surface area contributed by atoms with Gasteiger partial charge < -0.3 is 20.2 Å². The second kappa shape index (κ2) is 6.84. The third-order valence-corrected chi connectivity index (χ3v) is 4.93. The molecular weight excluding hydrogens is 328 g/mol. The lowest BCUT2D eigenvalue weighted by Gasteiger charge is -2.15. The summed E-state index contributed by atoms with van der Waals surface area (Å²) in [7, 11) is 1.61. The van der Waals surface area contributed by atoms with Crippen molar-refractivity contribution in [2.24, 2.45) is 11.7 Å². The van der Waals surface area contributed by atoms with Gasteiger partial charge in [-0.2, -0.15) is 0 Å². The molecule has 0 radical (unpaired) electrons. The van der Waals surface area contributed by atoms with Crippen LogP contribution < -0.4 is 15.8 Å². The summed E-state index contributed by atoms with van der Waals surface area (Å²) in [4.78, 5) is 13.0. The first-order valence-corrected chi connectivity index (χ1v) is 8.88. The summed E-state index contributed by atoms with van der Waals surface area (Å²) in [6.07, 6.45) is 2.23. The van der Waals surface area contributed by atoms with Gasteiger partial charge >= 0.3 is 0 Å². The molecule has 3 aromatic rings. The van der Waals surface area contributed by atoms with Gasteiger partial charge in [-0.1, -0.05) is 30.3 Å². The molecule has 0 bridgehead atoms. The highest BCUT2D eigenvalue weighted by Crippen LogP contribution is 2.37. The van der Waals surface area contributed by atoms with Gasteiger partial charge in [0, 0.05) is 29.6 Å². The fraction of sp³-hybridized carbons (Fsp3) is 0.286. The van der Waals surface area contributed by atoms with E-state index in [9.17, 15) is 4.79 Å². The lowest BCUT2D eigenvalue weighted by Crippen LogP contribution is -2.41. The molecule has 1 saturated carbocycles. The van der Waals surface area contributed by atoms with Crippen LogP contribution in [0.2, 0.25) is 0 Å². The molecular formula is C21H22N2O3. The van der Waals surface area contributed by atoms with Crippen LogP contribution in [0.1, 0.15) is 23.4 Å². The van der Waals surface area contributed by atoms with Gasteiger partial charge in [0.2, 0.25) is 5.76 Å². The van der Waals surface area contributed by atoms with Crippen LogP contribution in [0.4, 0.5) is 0 Å². The molecule has 1 aliphatic rings. The molecule has 134 valence electrons. The van der Waals surface area contributed by atoms with E-state index in [-0.39, 0.29) is 11.9 Å². The lowest BCUT2D eigenvalue weighted by atomic mass is 10.0. The van der Waals surface area contributed by atoms with Crippen molar-refractivity contribution >= 4 is 16.9 Å². The SMILES string of the molecule is COc1ccc2c(-c3ccccc3)c(C(=O)NC(CN)C3CC3)oc2c1. The number of hydrogen-bond acceptors (Lipinski definition) is 4. The Labute approximate surface area is 152 Å². The smallest absolute Gasteiger partial charge is 0.287 e. The van der Waals surface area contributed by atoms with E-state index in [0.29, 0.717) is 29.6 Å². The third kappa shape index (κ3) is 3.06. The molecule has 1 heterocycles. The van der Waals surface area contributed by atoms with Crippen LogP contribution in [0.15, 0.2) is 52.9 Å². The van der Waals surface area contributed by atoms with Crippen LogP contribution in [0.3, 0.4) is 0 Å². The molecule has 1 atom stereocenters. The summed E-state index contributed by atoms with van der Waals surface area (Å²) >= 11 is 0. The number of rotatable bonds is 6. The van der Waals surface area contributed by atoms with E-state index >= 15 is 0 Å². The van der Waals surface area contributed by atoms with Crippen LogP contribution in [0.5, 0.6) is 5.75 Å². The normalized spacial score (nSPS) is 15.0. The monoisotopic (exact) mass is 350 g/mol. The zero-order valence-corrected chi connectivity index (χ0v) is 14.7. The Morgan fingerprint density at radius 3 is 2.69 bits per heavy atom. The fourth-order valence-electron chi connectivity index (χ4n) is 3.36. The molecule has 1 amide bonds. The molecule has 0 aliphatic heterocycles. The highest BCUT2D eigenvalue weighted by Gasteiger charge is 2.33. The predicted octanol–water partition coefficient (Wildman–Crippen LogP) is 3.58. The number of benzene rings is 2. The fourth-order valence-corrected chi connectivity index (χ4v) is 3.36. The summed E-state index contributed by atoms with van der Waals surface area (Å²) in [5.41, 5.74) is 8.21. The highest BCUT2D eigenvalue weighted by molar-refractivity contribution is 6.08. The largest absolute Gasteiger partial charge is 0.497 e. The van der Waals surface area contributed by atoms with Crippen molar-refractivity contribution in [3.8, 4) is 16.9 Å². The van der Waals surface area contributed by atoms with Crippen LogP contribution in [0, 0.1) is 5.92 Å². The average molecular weight is 350 g/mol. The van der Waals surface area contributed by atoms with Gasteiger partial charge in [-0.3, -0.25) is 4.79 Å². The number of amides is 1. The summed E-state index contributed by atoms with van der Waals surface area (Å²) in [5.74, 6) is 1.27. The average Bonchev–Trinajstić information content (AvgIpc) is 3.45. The number of nitrogens with one attached hydrogen (secondary N) is 1. The van der Waals surface area contributed by atoms with Crippen molar-refractivity contribution in [1.82, 2.24) is 5.32 Å². The quantitative estimate of drug-likeness (QED) is 0.712. The molecule has 1 unspecified atom stereocenters. The third-order valence-electron chi connectivity index (χ3n) is 4.93. The van der Waals surface area contributed by atoms with E-state index in [1.807, 2.05) is 42.5 Å². The van der Waals surface area contributed by atoms with Gasteiger partial charge in [-0.05, 0) is 36.5 Å². The van der Waals surface area contributed by atoms with Gasteiger partial charge in [0.1, 0.15) is 11.3 Å². The molecule has 3 N–H and O–H groups in total. The Bertz CT molecular complexity index is 929. The number of hydrogen-bond donors (Lipinski definition) is 2. The maximum atomic E-state index is 13.0. The first-order chi connectivity index (χ1) is 12.7. The molecule has 5 nitrogen and oxygen atoms in total. The molecule has 26 heavy (non-hydrogen) atoms. The summed E-state index contributed by atoms with van der Waals surface area (Å²) in [6.45, 7) is 0.436. The first kappa shape index (κ1) is 16.7. The molecule has 2 aromatic carbocycles. The molecule has 0 spiro atoms. The van der Waals surface area contributed by atoms with Crippen molar-refractivity contribution in [2.75, 3.05) is 13.7 Å². The maximum absolute atomic E-state index is 13.0. The Hall–Kier alpha value is -2.79.